The van der Waals surface area contributed by atoms with Crippen molar-refractivity contribution in [3.63, 3.8) is 0 Å². The Morgan fingerprint density at radius 1 is 1.28 bits per heavy atom. The highest BCUT2D eigenvalue weighted by Gasteiger charge is 2.57. The molecule has 1 aromatic rings. The Morgan fingerprint density at radius 3 is 2.66 bits per heavy atom. The van der Waals surface area contributed by atoms with Crippen LogP contribution in [0.15, 0.2) is 24.4 Å². The first-order valence-corrected chi connectivity index (χ1v) is 11.7. The lowest BCUT2D eigenvalue weighted by atomic mass is 9.85. The standard InChI is InChI=1S/C21H32N4O3S/c1-17(16-29-3)23-12-8-21(9-13-23)19(26)24(15-18-7-4-5-10-22-18)20(27)25(21)11-6-14-28-2/h4-5,7,10,17H,6,8-9,11-16H2,1-3H3/t17-/m1/s1. The van der Waals surface area contributed by atoms with Crippen LogP contribution in [-0.2, 0) is 16.1 Å². The van der Waals surface area contributed by atoms with Crippen LogP contribution in [0, 0.1) is 0 Å². The van der Waals surface area contributed by atoms with Crippen molar-refractivity contribution in [2.75, 3.05) is 45.4 Å². The molecule has 0 radical (unpaired) electrons. The summed E-state index contributed by atoms with van der Waals surface area (Å²) in [5.41, 5.74) is 0.00367. The number of urea groups is 1. The van der Waals surface area contributed by atoms with Crippen molar-refractivity contribution in [3.8, 4) is 0 Å². The van der Waals surface area contributed by atoms with Crippen molar-refractivity contribution in [2.24, 2.45) is 0 Å². The third-order valence-electron chi connectivity index (χ3n) is 6.05. The zero-order valence-electron chi connectivity index (χ0n) is 17.7. The number of thioether (sulfide) groups is 1. The quantitative estimate of drug-likeness (QED) is 0.452. The number of nitrogens with zero attached hydrogens (tertiary/aromatic N) is 4. The summed E-state index contributed by atoms with van der Waals surface area (Å²) in [6.07, 6.45) is 5.90. The summed E-state index contributed by atoms with van der Waals surface area (Å²) in [6.45, 7) is 5.24. The fourth-order valence-electron chi connectivity index (χ4n) is 4.42. The number of piperidine rings is 1. The SMILES string of the molecule is COCCCN1C(=O)N(Cc2ccccn2)C(=O)C12CCN([C@H](C)CSC)CC2. The van der Waals surface area contributed by atoms with Gasteiger partial charge < -0.3 is 9.64 Å². The van der Waals surface area contributed by atoms with E-state index in [2.05, 4.69) is 23.1 Å². The van der Waals surface area contributed by atoms with Gasteiger partial charge in [-0.25, -0.2) is 4.79 Å². The zero-order chi connectivity index (χ0) is 20.9. The molecule has 0 saturated carbocycles. The predicted molar refractivity (Wildman–Crippen MR) is 115 cm³/mol. The summed E-state index contributed by atoms with van der Waals surface area (Å²) in [6, 6.07) is 5.85. The lowest BCUT2D eigenvalue weighted by Crippen LogP contribution is -2.58. The van der Waals surface area contributed by atoms with Crippen LogP contribution in [0.2, 0.25) is 0 Å². The van der Waals surface area contributed by atoms with Gasteiger partial charge in [0, 0.05) is 51.3 Å². The first kappa shape index (κ1) is 22.1. The lowest BCUT2D eigenvalue weighted by molar-refractivity contribution is -0.136. The van der Waals surface area contributed by atoms with E-state index in [9.17, 15) is 9.59 Å². The van der Waals surface area contributed by atoms with E-state index in [1.165, 1.54) is 4.90 Å². The molecule has 2 fully saturated rings. The largest absolute Gasteiger partial charge is 0.385 e. The van der Waals surface area contributed by atoms with Crippen LogP contribution in [0.1, 0.15) is 31.9 Å². The minimum atomic E-state index is -0.727. The Labute approximate surface area is 177 Å². The van der Waals surface area contributed by atoms with Crippen LogP contribution < -0.4 is 0 Å². The van der Waals surface area contributed by atoms with Crippen molar-refractivity contribution in [1.82, 2.24) is 19.7 Å². The van der Waals surface area contributed by atoms with Gasteiger partial charge in [0.25, 0.3) is 5.91 Å². The number of imide groups is 1. The fraction of sp³-hybridized carbons (Fsp3) is 0.667. The maximum Gasteiger partial charge on any atom is 0.328 e. The number of hydrogen-bond donors (Lipinski definition) is 0. The van der Waals surface area contributed by atoms with Gasteiger partial charge in [0.05, 0.1) is 12.2 Å². The Morgan fingerprint density at radius 2 is 2.03 bits per heavy atom. The maximum atomic E-state index is 13.5. The van der Waals surface area contributed by atoms with Crippen molar-refractivity contribution >= 4 is 23.7 Å². The minimum absolute atomic E-state index is 0.0669. The van der Waals surface area contributed by atoms with E-state index in [1.807, 2.05) is 34.9 Å². The van der Waals surface area contributed by atoms with Crippen LogP contribution >= 0.6 is 11.8 Å². The normalized spacial score (nSPS) is 20.7. The van der Waals surface area contributed by atoms with E-state index < -0.39 is 5.54 Å². The molecule has 0 bridgehead atoms. The molecule has 2 saturated heterocycles. The van der Waals surface area contributed by atoms with E-state index in [0.717, 1.165) is 31.0 Å². The van der Waals surface area contributed by atoms with E-state index in [1.54, 1.807) is 13.3 Å². The number of amides is 3. The number of carbonyl (C=O) groups excluding carboxylic acids is 2. The van der Waals surface area contributed by atoms with E-state index >= 15 is 0 Å². The van der Waals surface area contributed by atoms with Gasteiger partial charge in [-0.1, -0.05) is 6.07 Å². The van der Waals surface area contributed by atoms with Gasteiger partial charge in [-0.2, -0.15) is 11.8 Å². The number of carbonyl (C=O) groups is 2. The molecule has 0 aromatic carbocycles. The second kappa shape index (κ2) is 9.91. The molecule has 29 heavy (non-hydrogen) atoms. The lowest BCUT2D eigenvalue weighted by Gasteiger charge is -2.44. The fourth-order valence-corrected chi connectivity index (χ4v) is 5.11. The van der Waals surface area contributed by atoms with Gasteiger partial charge in [-0.3, -0.25) is 19.6 Å². The Bertz CT molecular complexity index is 694. The van der Waals surface area contributed by atoms with E-state index in [4.69, 9.17) is 4.74 Å². The summed E-state index contributed by atoms with van der Waals surface area (Å²) in [7, 11) is 1.66. The van der Waals surface area contributed by atoms with Crippen molar-refractivity contribution < 1.29 is 14.3 Å². The summed E-state index contributed by atoms with van der Waals surface area (Å²) in [5.74, 6) is 1.01. The molecular weight excluding hydrogens is 388 g/mol. The highest BCUT2D eigenvalue weighted by Crippen LogP contribution is 2.38. The van der Waals surface area contributed by atoms with Crippen LogP contribution in [0.3, 0.4) is 0 Å². The first-order valence-electron chi connectivity index (χ1n) is 10.3. The van der Waals surface area contributed by atoms with Crippen LogP contribution in [0.25, 0.3) is 0 Å². The summed E-state index contributed by atoms with van der Waals surface area (Å²) in [5, 5.41) is 0. The molecule has 160 valence electrons. The topological polar surface area (TPSA) is 66.0 Å². The number of pyridine rings is 1. The molecule has 2 aliphatic heterocycles. The number of ether oxygens (including phenoxy) is 1. The molecule has 1 atom stereocenters. The average Bonchev–Trinajstić information content (AvgIpc) is 2.92. The number of hydrogen-bond acceptors (Lipinski definition) is 6. The number of aromatic nitrogens is 1. The molecule has 7 nitrogen and oxygen atoms in total. The van der Waals surface area contributed by atoms with E-state index in [-0.39, 0.29) is 18.5 Å². The molecule has 1 spiro atoms. The summed E-state index contributed by atoms with van der Waals surface area (Å²) >= 11 is 1.84. The van der Waals surface area contributed by atoms with Gasteiger partial charge in [0.1, 0.15) is 5.54 Å². The Hall–Kier alpha value is -1.64. The molecule has 8 heteroatoms. The van der Waals surface area contributed by atoms with E-state index in [0.29, 0.717) is 32.0 Å². The summed E-state index contributed by atoms with van der Waals surface area (Å²) in [4.78, 5) is 36.7. The molecular formula is C21H32N4O3S. The minimum Gasteiger partial charge on any atom is -0.385 e. The second-order valence-corrected chi connectivity index (χ2v) is 8.78. The van der Waals surface area contributed by atoms with Crippen LogP contribution in [0.5, 0.6) is 0 Å². The van der Waals surface area contributed by atoms with Crippen LogP contribution in [0.4, 0.5) is 4.79 Å². The Balaban J connectivity index is 1.79. The number of methoxy groups -OCH3 is 1. The molecule has 0 aliphatic carbocycles. The molecule has 3 amide bonds. The molecule has 2 aliphatic rings. The maximum absolute atomic E-state index is 13.5. The van der Waals surface area contributed by atoms with Gasteiger partial charge >= 0.3 is 6.03 Å². The third-order valence-corrected chi connectivity index (χ3v) is 6.87. The Kier molecular flexibility index (Phi) is 7.54. The first-order chi connectivity index (χ1) is 14.0. The monoisotopic (exact) mass is 420 g/mol. The number of rotatable bonds is 9. The van der Waals surface area contributed by atoms with Crippen molar-refractivity contribution in [3.05, 3.63) is 30.1 Å². The van der Waals surface area contributed by atoms with Crippen LogP contribution in [-0.4, -0.2) is 88.6 Å². The van der Waals surface area contributed by atoms with Crippen molar-refractivity contribution in [1.29, 1.82) is 0 Å². The molecule has 1 aromatic heterocycles. The molecule has 0 unspecified atom stereocenters. The number of likely N-dealkylation sites (tertiary alicyclic amines) is 1. The van der Waals surface area contributed by atoms with Gasteiger partial charge in [-0.15, -0.1) is 0 Å². The molecule has 3 rings (SSSR count). The second-order valence-electron chi connectivity index (χ2n) is 7.86. The smallest absolute Gasteiger partial charge is 0.328 e. The molecule has 0 N–H and O–H groups in total. The van der Waals surface area contributed by atoms with Gasteiger partial charge in [0.15, 0.2) is 0 Å². The average molecular weight is 421 g/mol. The molecule has 3 heterocycles. The van der Waals surface area contributed by atoms with Gasteiger partial charge in [0.2, 0.25) is 0 Å². The highest BCUT2D eigenvalue weighted by molar-refractivity contribution is 7.98. The highest BCUT2D eigenvalue weighted by atomic mass is 32.2. The zero-order valence-corrected chi connectivity index (χ0v) is 18.5. The van der Waals surface area contributed by atoms with Crippen molar-refractivity contribution in [2.45, 2.75) is 44.3 Å². The third kappa shape index (κ3) is 4.59. The predicted octanol–water partition coefficient (Wildman–Crippen LogP) is 2.47. The van der Waals surface area contributed by atoms with Gasteiger partial charge in [-0.05, 0) is 44.6 Å². The summed E-state index contributed by atoms with van der Waals surface area (Å²) < 4.78 is 5.18.